The third kappa shape index (κ3) is 3.66. The minimum absolute atomic E-state index is 0.343. The maximum absolute atomic E-state index is 5.91. The molecule has 2 fully saturated rings. The van der Waals surface area contributed by atoms with Crippen molar-refractivity contribution in [3.8, 4) is 0 Å². The highest BCUT2D eigenvalue weighted by Crippen LogP contribution is 2.33. The fourth-order valence-corrected chi connectivity index (χ4v) is 3.10. The van der Waals surface area contributed by atoms with E-state index in [1.54, 1.807) is 0 Å². The lowest BCUT2D eigenvalue weighted by molar-refractivity contribution is -0.344. The summed E-state index contributed by atoms with van der Waals surface area (Å²) in [5.74, 6) is 1.54. The SMILES string of the molecule is ClCC1(CCl)COC(C2OCC(CCl)(CCl)CO2)OC1. The van der Waals surface area contributed by atoms with Gasteiger partial charge in [-0.1, -0.05) is 0 Å². The van der Waals surface area contributed by atoms with Crippen LogP contribution in [0.25, 0.3) is 0 Å². The van der Waals surface area contributed by atoms with E-state index >= 15 is 0 Å². The quantitative estimate of drug-likeness (QED) is 0.700. The Morgan fingerprint density at radius 1 is 0.600 bits per heavy atom. The second kappa shape index (κ2) is 7.51. The summed E-state index contributed by atoms with van der Waals surface area (Å²) in [5.41, 5.74) is -0.686. The summed E-state index contributed by atoms with van der Waals surface area (Å²) in [5, 5.41) is 0. The van der Waals surface area contributed by atoms with Gasteiger partial charge in [-0.05, 0) is 0 Å². The van der Waals surface area contributed by atoms with Crippen LogP contribution in [0.1, 0.15) is 0 Å². The summed E-state index contributed by atoms with van der Waals surface area (Å²) in [6.45, 7) is 1.68. The van der Waals surface area contributed by atoms with E-state index < -0.39 is 12.6 Å². The lowest BCUT2D eigenvalue weighted by Crippen LogP contribution is -2.53. The minimum atomic E-state index is -0.571. The van der Waals surface area contributed by atoms with Crippen molar-refractivity contribution in [2.75, 3.05) is 49.9 Å². The Kier molecular flexibility index (Phi) is 6.52. The highest BCUT2D eigenvalue weighted by Gasteiger charge is 2.43. The fraction of sp³-hybridized carbons (Fsp3) is 1.00. The van der Waals surface area contributed by atoms with Gasteiger partial charge in [-0.15, -0.1) is 46.4 Å². The molecule has 0 bridgehead atoms. The van der Waals surface area contributed by atoms with E-state index in [4.69, 9.17) is 65.4 Å². The highest BCUT2D eigenvalue weighted by atomic mass is 35.5. The van der Waals surface area contributed by atoms with Crippen molar-refractivity contribution < 1.29 is 18.9 Å². The molecule has 4 nitrogen and oxygen atoms in total. The molecular formula is C12H18Cl4O4. The summed E-state index contributed by atoms with van der Waals surface area (Å²) < 4.78 is 22.6. The average Bonchev–Trinajstić information content (AvgIpc) is 2.55. The van der Waals surface area contributed by atoms with E-state index in [2.05, 4.69) is 0 Å². The summed E-state index contributed by atoms with van der Waals surface area (Å²) in [7, 11) is 0. The first-order valence-corrected chi connectivity index (χ1v) is 8.47. The van der Waals surface area contributed by atoms with Gasteiger partial charge in [0.15, 0.2) is 0 Å². The van der Waals surface area contributed by atoms with Gasteiger partial charge in [0, 0.05) is 34.3 Å². The maximum Gasteiger partial charge on any atom is 0.209 e. The molecule has 0 unspecified atom stereocenters. The topological polar surface area (TPSA) is 36.9 Å². The monoisotopic (exact) mass is 366 g/mol. The molecule has 8 heteroatoms. The van der Waals surface area contributed by atoms with Crippen molar-refractivity contribution in [2.45, 2.75) is 12.6 Å². The second-order valence-electron chi connectivity index (χ2n) is 5.52. The molecule has 0 saturated carbocycles. The Hall–Kier alpha value is 1.000. The van der Waals surface area contributed by atoms with E-state index in [-0.39, 0.29) is 10.8 Å². The molecule has 0 radical (unpaired) electrons. The molecule has 0 amide bonds. The van der Waals surface area contributed by atoms with Crippen molar-refractivity contribution in [1.29, 1.82) is 0 Å². The smallest absolute Gasteiger partial charge is 0.209 e. The maximum atomic E-state index is 5.91. The first kappa shape index (κ1) is 17.4. The molecule has 0 aromatic rings. The molecule has 2 heterocycles. The number of halogens is 4. The van der Waals surface area contributed by atoms with Crippen molar-refractivity contribution in [1.82, 2.24) is 0 Å². The average molecular weight is 368 g/mol. The van der Waals surface area contributed by atoms with Crippen molar-refractivity contribution in [3.63, 3.8) is 0 Å². The molecule has 0 spiro atoms. The molecule has 0 aliphatic carbocycles. The predicted octanol–water partition coefficient (Wildman–Crippen LogP) is 2.66. The summed E-state index contributed by atoms with van der Waals surface area (Å²) in [6.07, 6.45) is -1.14. The molecule has 0 aromatic carbocycles. The van der Waals surface area contributed by atoms with Crippen molar-refractivity contribution in [2.24, 2.45) is 10.8 Å². The molecule has 2 aliphatic heterocycles. The molecule has 0 atom stereocenters. The molecule has 0 N–H and O–H groups in total. The van der Waals surface area contributed by atoms with Crippen molar-refractivity contribution >= 4 is 46.4 Å². The van der Waals surface area contributed by atoms with Gasteiger partial charge in [0.2, 0.25) is 12.6 Å². The Bertz CT molecular complexity index is 260. The second-order valence-corrected chi connectivity index (χ2v) is 6.58. The molecule has 2 aliphatic rings. The van der Waals surface area contributed by atoms with Crippen LogP contribution in [0.4, 0.5) is 0 Å². The highest BCUT2D eigenvalue weighted by molar-refractivity contribution is 6.21. The number of rotatable bonds is 5. The van der Waals surface area contributed by atoms with Gasteiger partial charge in [0.05, 0.1) is 26.4 Å². The van der Waals surface area contributed by atoms with Gasteiger partial charge in [-0.25, -0.2) is 0 Å². The van der Waals surface area contributed by atoms with Crippen LogP contribution in [0.2, 0.25) is 0 Å². The molecule has 2 saturated heterocycles. The van der Waals surface area contributed by atoms with Crippen molar-refractivity contribution in [3.05, 3.63) is 0 Å². The molecule has 20 heavy (non-hydrogen) atoms. The molecule has 2 rings (SSSR count). The largest absolute Gasteiger partial charge is 0.347 e. The number of hydrogen-bond acceptors (Lipinski definition) is 4. The van der Waals surface area contributed by atoms with E-state index in [9.17, 15) is 0 Å². The van der Waals surface area contributed by atoms with Crippen LogP contribution in [-0.2, 0) is 18.9 Å². The third-order valence-corrected chi connectivity index (χ3v) is 5.84. The standard InChI is InChI=1S/C12H18Cl4O4/c13-1-11(2-14)5-17-9(18-6-11)10-19-7-12(3-15,4-16)8-20-10/h9-10H,1-8H2. The molecule has 118 valence electrons. The van der Waals surface area contributed by atoms with Gasteiger partial charge < -0.3 is 18.9 Å². The first-order chi connectivity index (χ1) is 9.62. The van der Waals surface area contributed by atoms with Gasteiger partial charge in [0.25, 0.3) is 0 Å². The summed E-state index contributed by atoms with van der Waals surface area (Å²) in [6, 6.07) is 0. The van der Waals surface area contributed by atoms with E-state index in [0.717, 1.165) is 0 Å². The van der Waals surface area contributed by atoms with E-state index in [0.29, 0.717) is 49.9 Å². The van der Waals surface area contributed by atoms with E-state index in [1.807, 2.05) is 0 Å². The van der Waals surface area contributed by atoms with Crippen LogP contribution in [0.15, 0.2) is 0 Å². The third-order valence-electron chi connectivity index (χ3n) is 3.57. The van der Waals surface area contributed by atoms with Gasteiger partial charge in [0.1, 0.15) is 0 Å². The van der Waals surface area contributed by atoms with Crippen LogP contribution >= 0.6 is 46.4 Å². The van der Waals surface area contributed by atoms with Crippen LogP contribution in [0.3, 0.4) is 0 Å². The lowest BCUT2D eigenvalue weighted by atomic mass is 9.94. The zero-order valence-electron chi connectivity index (χ0n) is 11.0. The minimum Gasteiger partial charge on any atom is -0.347 e. The Morgan fingerprint density at radius 3 is 1.05 bits per heavy atom. The Labute approximate surface area is 138 Å². The normalized spacial score (nSPS) is 27.6. The predicted molar refractivity (Wildman–Crippen MR) is 79.1 cm³/mol. The van der Waals surface area contributed by atoms with Gasteiger partial charge in [-0.3, -0.25) is 0 Å². The number of alkyl halides is 4. The van der Waals surface area contributed by atoms with Crippen LogP contribution < -0.4 is 0 Å². The van der Waals surface area contributed by atoms with E-state index in [1.165, 1.54) is 0 Å². The Balaban J connectivity index is 1.84. The molecular weight excluding hydrogens is 350 g/mol. The number of hydrogen-bond donors (Lipinski definition) is 0. The fourth-order valence-electron chi connectivity index (χ4n) is 1.91. The van der Waals surface area contributed by atoms with Crippen LogP contribution in [0, 0.1) is 10.8 Å². The Morgan fingerprint density at radius 2 is 0.850 bits per heavy atom. The molecule has 0 aromatic heterocycles. The van der Waals surface area contributed by atoms with Crippen LogP contribution in [0.5, 0.6) is 0 Å². The number of ether oxygens (including phenoxy) is 4. The van der Waals surface area contributed by atoms with Gasteiger partial charge in [-0.2, -0.15) is 0 Å². The first-order valence-electron chi connectivity index (χ1n) is 6.33. The summed E-state index contributed by atoms with van der Waals surface area (Å²) >= 11 is 23.6. The zero-order chi connectivity index (χ0) is 14.6. The van der Waals surface area contributed by atoms with Gasteiger partial charge >= 0.3 is 0 Å². The lowest BCUT2D eigenvalue weighted by Gasteiger charge is -2.43. The summed E-state index contributed by atoms with van der Waals surface area (Å²) in [4.78, 5) is 0. The zero-order valence-corrected chi connectivity index (χ0v) is 14.0. The van der Waals surface area contributed by atoms with Crippen LogP contribution in [-0.4, -0.2) is 62.5 Å².